The molecule has 0 atom stereocenters. The molecule has 6 N–H and O–H groups in total. The molecule has 1 aliphatic heterocycles. The Kier molecular flexibility index (Phi) is 6.42. The molecule has 27 heavy (non-hydrogen) atoms. The molecule has 1 aromatic rings. The molecule has 0 aliphatic carbocycles. The smallest absolute Gasteiger partial charge is 0.404 e. The quantitative estimate of drug-likeness (QED) is 0.306. The Labute approximate surface area is 158 Å². The van der Waals surface area contributed by atoms with Crippen molar-refractivity contribution >= 4 is 29.0 Å². The zero-order valence-electron chi connectivity index (χ0n) is 14.2. The number of nitrogens with zero attached hydrogens (tertiary/aromatic N) is 2. The van der Waals surface area contributed by atoms with Gasteiger partial charge in [0.1, 0.15) is 11.6 Å². The summed E-state index contributed by atoms with van der Waals surface area (Å²) in [5.41, 5.74) is 11.9. The van der Waals surface area contributed by atoms with Crippen LogP contribution in [0.4, 0.5) is 13.2 Å². The van der Waals surface area contributed by atoms with Crippen LogP contribution in [-0.2, 0) is 4.79 Å². The lowest BCUT2D eigenvalue weighted by Crippen LogP contribution is -2.41. The van der Waals surface area contributed by atoms with Gasteiger partial charge in [0.25, 0.3) is 0 Å². The lowest BCUT2D eigenvalue weighted by molar-refractivity contribution is -0.274. The fourth-order valence-corrected chi connectivity index (χ4v) is 2.93. The number of amides is 1. The molecule has 11 heteroatoms. The topological polar surface area (TPSA) is 120 Å². The summed E-state index contributed by atoms with van der Waals surface area (Å²) in [7, 11) is 0. The minimum absolute atomic E-state index is 0.193. The first-order valence-electron chi connectivity index (χ1n) is 7.95. The van der Waals surface area contributed by atoms with Gasteiger partial charge in [-0.15, -0.1) is 13.2 Å². The van der Waals surface area contributed by atoms with Gasteiger partial charge in [-0.05, 0) is 36.6 Å². The number of benzene rings is 1. The third-order valence-corrected chi connectivity index (χ3v) is 4.42. The third-order valence-electron chi connectivity index (χ3n) is 4.13. The van der Waals surface area contributed by atoms with E-state index in [0.29, 0.717) is 37.3 Å². The van der Waals surface area contributed by atoms with Crippen LogP contribution < -0.4 is 22.0 Å². The number of halogens is 4. The predicted molar refractivity (Wildman–Crippen MR) is 95.4 cm³/mol. The number of hydrogen-bond acceptors (Lipinski definition) is 5. The number of hydrogen-bond donors (Lipinski definition) is 3. The number of amidine groups is 1. The number of likely N-dealkylation sites (tertiary alicyclic amines) is 1. The zero-order valence-corrected chi connectivity index (χ0v) is 14.9. The summed E-state index contributed by atoms with van der Waals surface area (Å²) < 4.78 is 40.7. The van der Waals surface area contributed by atoms with Crippen molar-refractivity contribution in [2.24, 2.45) is 28.3 Å². The van der Waals surface area contributed by atoms with Crippen molar-refractivity contribution in [3.05, 3.63) is 34.9 Å². The van der Waals surface area contributed by atoms with Crippen LogP contribution >= 0.6 is 11.6 Å². The Morgan fingerprint density at radius 1 is 1.30 bits per heavy atom. The Morgan fingerprint density at radius 2 is 1.93 bits per heavy atom. The summed E-state index contributed by atoms with van der Waals surface area (Å²) in [5.74, 6) is 4.75. The second kappa shape index (κ2) is 8.38. The third kappa shape index (κ3) is 5.68. The molecule has 1 saturated heterocycles. The fraction of sp³-hybridized carbons (Fsp3) is 0.375. The average molecular weight is 406 g/mol. The summed E-state index contributed by atoms with van der Waals surface area (Å²) in [6.07, 6.45) is -2.22. The van der Waals surface area contributed by atoms with Crippen LogP contribution in [0.1, 0.15) is 18.4 Å². The van der Waals surface area contributed by atoms with Crippen molar-refractivity contribution < 1.29 is 22.7 Å². The highest BCUT2D eigenvalue weighted by Gasteiger charge is 2.32. The number of carbonyl (C=O) groups excluding carboxylic acids is 1. The number of hydrazone groups is 1. The van der Waals surface area contributed by atoms with E-state index in [1.165, 1.54) is 18.2 Å². The molecule has 0 aromatic heterocycles. The molecule has 1 heterocycles. The number of primary amides is 1. The van der Waals surface area contributed by atoms with E-state index in [2.05, 4.69) is 9.84 Å². The van der Waals surface area contributed by atoms with Crippen molar-refractivity contribution in [1.29, 1.82) is 0 Å². The normalized spacial score (nSPS) is 17.1. The fourth-order valence-electron chi connectivity index (χ4n) is 2.71. The Balaban J connectivity index is 2.13. The molecule has 0 saturated carbocycles. The molecule has 1 aliphatic rings. The van der Waals surface area contributed by atoms with Crippen LogP contribution in [0, 0.1) is 5.92 Å². The molecule has 7 nitrogen and oxygen atoms in total. The van der Waals surface area contributed by atoms with E-state index in [1.807, 2.05) is 4.90 Å². The maximum atomic E-state index is 12.3. The van der Waals surface area contributed by atoms with Gasteiger partial charge >= 0.3 is 6.36 Å². The highest BCUT2D eigenvalue weighted by molar-refractivity contribution is 6.32. The van der Waals surface area contributed by atoms with Crippen LogP contribution in [0.15, 0.2) is 29.4 Å². The van der Waals surface area contributed by atoms with E-state index in [-0.39, 0.29) is 22.5 Å². The van der Waals surface area contributed by atoms with Crippen LogP contribution in [0.5, 0.6) is 5.75 Å². The summed E-state index contributed by atoms with van der Waals surface area (Å²) in [6.45, 7) is 1.04. The molecule has 1 fully saturated rings. The summed E-state index contributed by atoms with van der Waals surface area (Å²) in [6, 6.07) is 3.66. The molecule has 148 valence electrons. The lowest BCUT2D eigenvalue weighted by Gasteiger charge is -2.31. The second-order valence-corrected chi connectivity index (χ2v) is 6.35. The van der Waals surface area contributed by atoms with Crippen molar-refractivity contribution in [2.45, 2.75) is 19.2 Å². The van der Waals surface area contributed by atoms with Gasteiger partial charge in [-0.1, -0.05) is 11.6 Å². The first-order chi connectivity index (χ1) is 12.6. The minimum atomic E-state index is -4.84. The maximum Gasteiger partial charge on any atom is 0.573 e. The Hall–Kier alpha value is -2.62. The van der Waals surface area contributed by atoms with Crippen molar-refractivity contribution in [3.8, 4) is 5.75 Å². The predicted octanol–water partition coefficient (Wildman–Crippen LogP) is 2.01. The van der Waals surface area contributed by atoms with Gasteiger partial charge in [0.05, 0.1) is 5.02 Å². The first-order valence-corrected chi connectivity index (χ1v) is 8.33. The van der Waals surface area contributed by atoms with E-state index in [4.69, 9.17) is 28.9 Å². The van der Waals surface area contributed by atoms with Gasteiger partial charge < -0.3 is 26.9 Å². The molecule has 0 spiro atoms. The number of rotatable bonds is 4. The Morgan fingerprint density at radius 3 is 2.41 bits per heavy atom. The number of ether oxygens (including phenoxy) is 1. The molecule has 0 radical (unpaired) electrons. The maximum absolute atomic E-state index is 12.3. The highest BCUT2D eigenvalue weighted by Crippen LogP contribution is 2.31. The molecular weight excluding hydrogens is 387 g/mol. The van der Waals surface area contributed by atoms with E-state index < -0.39 is 12.1 Å². The molecule has 2 rings (SSSR count). The number of carbonyl (C=O) groups is 1. The van der Waals surface area contributed by atoms with E-state index >= 15 is 0 Å². The van der Waals surface area contributed by atoms with Crippen LogP contribution in [0.3, 0.4) is 0 Å². The highest BCUT2D eigenvalue weighted by atomic mass is 35.5. The monoisotopic (exact) mass is 405 g/mol. The lowest BCUT2D eigenvalue weighted by atomic mass is 9.96. The van der Waals surface area contributed by atoms with Crippen LogP contribution in [0.25, 0.3) is 5.70 Å². The standard InChI is InChI=1S/C16H19ClF3N5O2/c17-11-7-10(1-2-13(11)27-16(18,19)20)12(21)8-14(24-23)25-5-3-9(4-6-25)15(22)26/h1-2,7-9H,3-6,21,23H2,(H2,22,26). The SMILES string of the molecule is NN=C(C=C(N)c1ccc(OC(F)(F)F)c(Cl)c1)N1CCC(C(N)=O)CC1. The number of piperidine rings is 1. The van der Waals surface area contributed by atoms with E-state index in [0.717, 1.165) is 6.07 Å². The summed E-state index contributed by atoms with van der Waals surface area (Å²) in [5, 5.41) is 3.46. The number of nitrogens with two attached hydrogens (primary N) is 3. The van der Waals surface area contributed by atoms with Crippen molar-refractivity contribution in [1.82, 2.24) is 4.90 Å². The van der Waals surface area contributed by atoms with Crippen molar-refractivity contribution in [3.63, 3.8) is 0 Å². The van der Waals surface area contributed by atoms with E-state index in [9.17, 15) is 18.0 Å². The Bertz CT molecular complexity index is 759. The van der Waals surface area contributed by atoms with E-state index in [1.54, 1.807) is 0 Å². The van der Waals surface area contributed by atoms with Crippen molar-refractivity contribution in [2.75, 3.05) is 13.1 Å². The summed E-state index contributed by atoms with van der Waals surface area (Å²) in [4.78, 5) is 13.1. The van der Waals surface area contributed by atoms with Gasteiger partial charge in [0.2, 0.25) is 5.91 Å². The van der Waals surface area contributed by atoms with Crippen LogP contribution in [0.2, 0.25) is 5.02 Å². The molecule has 0 unspecified atom stereocenters. The van der Waals surface area contributed by atoms with Crippen LogP contribution in [-0.4, -0.2) is 36.1 Å². The van der Waals surface area contributed by atoms with Gasteiger partial charge in [-0.3, -0.25) is 4.79 Å². The largest absolute Gasteiger partial charge is 0.573 e. The summed E-state index contributed by atoms with van der Waals surface area (Å²) >= 11 is 5.83. The van der Waals surface area contributed by atoms with Gasteiger partial charge in [-0.25, -0.2) is 0 Å². The van der Waals surface area contributed by atoms with Gasteiger partial charge in [0.15, 0.2) is 0 Å². The minimum Gasteiger partial charge on any atom is -0.404 e. The molecular formula is C16H19ClF3N5O2. The molecule has 1 aromatic carbocycles. The molecule has 0 bridgehead atoms. The second-order valence-electron chi connectivity index (χ2n) is 5.94. The average Bonchev–Trinajstić information content (AvgIpc) is 2.60. The first kappa shape index (κ1) is 20.7. The zero-order chi connectivity index (χ0) is 20.2. The number of alkyl halides is 3. The van der Waals surface area contributed by atoms with Gasteiger partial charge in [-0.2, -0.15) is 5.10 Å². The molecule has 1 amide bonds. The van der Waals surface area contributed by atoms with Gasteiger partial charge in [0, 0.05) is 30.8 Å².